The number of nitrogens with one attached hydrogen (secondary N) is 1. The average molecular weight is 514 g/mol. The van der Waals surface area contributed by atoms with Crippen molar-refractivity contribution in [2.45, 2.75) is 57.8 Å². The van der Waals surface area contributed by atoms with Crippen LogP contribution in [-0.4, -0.2) is 39.6 Å². The van der Waals surface area contributed by atoms with Gasteiger partial charge in [-0.3, -0.25) is 9.89 Å². The van der Waals surface area contributed by atoms with Gasteiger partial charge in [0, 0.05) is 40.7 Å². The largest absolute Gasteiger partial charge is 0.481 e. The lowest BCUT2D eigenvalue weighted by molar-refractivity contribution is -0.149. The summed E-state index contributed by atoms with van der Waals surface area (Å²) in [7, 11) is 1.58. The summed E-state index contributed by atoms with van der Waals surface area (Å²) in [5, 5.41) is 17.4. The van der Waals surface area contributed by atoms with Gasteiger partial charge in [-0.2, -0.15) is 5.10 Å². The highest BCUT2D eigenvalue weighted by Crippen LogP contribution is 2.50. The third-order valence-electron chi connectivity index (χ3n) is 7.97. The summed E-state index contributed by atoms with van der Waals surface area (Å²) in [6.45, 7) is 5.99. The molecule has 4 aromatic rings. The Bertz CT molecular complexity index is 1510. The SMILES string of the molecule is COCC(C)(C)c1c([C@H]2CC[C@](C)(C(=O)O)CC2)c2c(F)c3[nH]ncc3cc2n1-c1ccc(F)c(F)c1. The summed E-state index contributed by atoms with van der Waals surface area (Å²) >= 11 is 0. The van der Waals surface area contributed by atoms with E-state index < -0.39 is 34.3 Å². The maximum atomic E-state index is 16.3. The number of aromatic amines is 1. The number of carbonyl (C=O) groups is 1. The van der Waals surface area contributed by atoms with Gasteiger partial charge in [0.25, 0.3) is 0 Å². The predicted octanol–water partition coefficient (Wildman–Crippen LogP) is 6.60. The quantitative estimate of drug-likeness (QED) is 0.305. The van der Waals surface area contributed by atoms with Crippen molar-refractivity contribution in [1.82, 2.24) is 14.8 Å². The van der Waals surface area contributed by atoms with Gasteiger partial charge in [-0.15, -0.1) is 0 Å². The number of aliphatic carboxylic acids is 1. The standard InChI is InChI=1S/C28H30F3N3O3/c1-27(2,14-37-4)25-21(15-7-9-28(3,10-8-15)26(35)36)22-20(11-16-13-32-33-24(16)23(22)31)34(25)17-5-6-18(29)19(30)12-17/h5-6,11-13,15H,7-10,14H2,1-4H3,(H,32,33)(H,35,36)/t15-,28-. The predicted molar refractivity (Wildman–Crippen MR) is 135 cm³/mol. The van der Waals surface area contributed by atoms with Crippen LogP contribution in [0.4, 0.5) is 13.2 Å². The number of rotatable bonds is 6. The first-order chi connectivity index (χ1) is 17.5. The Kier molecular flexibility index (Phi) is 6.09. The fraction of sp³-hybridized carbons (Fsp3) is 0.429. The van der Waals surface area contributed by atoms with E-state index in [1.165, 1.54) is 12.3 Å². The van der Waals surface area contributed by atoms with Crippen molar-refractivity contribution in [2.75, 3.05) is 13.7 Å². The van der Waals surface area contributed by atoms with Crippen molar-refractivity contribution < 1.29 is 27.8 Å². The molecular formula is C28H30F3N3O3. The first-order valence-electron chi connectivity index (χ1n) is 12.4. The summed E-state index contributed by atoms with van der Waals surface area (Å²) in [5.41, 5.74) is 1.13. The van der Waals surface area contributed by atoms with Crippen LogP contribution in [0.2, 0.25) is 0 Å². The van der Waals surface area contributed by atoms with Crippen LogP contribution in [0.1, 0.15) is 63.6 Å². The van der Waals surface area contributed by atoms with E-state index >= 15 is 4.39 Å². The van der Waals surface area contributed by atoms with Gasteiger partial charge < -0.3 is 14.4 Å². The Morgan fingerprint density at radius 3 is 2.54 bits per heavy atom. The van der Waals surface area contributed by atoms with Gasteiger partial charge >= 0.3 is 5.97 Å². The number of hydrogen-bond donors (Lipinski definition) is 2. The number of carboxylic acid groups (broad SMARTS) is 1. The molecule has 6 nitrogen and oxygen atoms in total. The van der Waals surface area contributed by atoms with E-state index in [9.17, 15) is 18.7 Å². The van der Waals surface area contributed by atoms with Crippen LogP contribution in [0.25, 0.3) is 27.5 Å². The number of carboxylic acids is 1. The maximum absolute atomic E-state index is 16.3. The highest BCUT2D eigenvalue weighted by Gasteiger charge is 2.42. The molecule has 196 valence electrons. The minimum absolute atomic E-state index is 0.137. The average Bonchev–Trinajstić information content (AvgIpc) is 3.45. The van der Waals surface area contributed by atoms with Crippen LogP contribution in [0.3, 0.4) is 0 Å². The van der Waals surface area contributed by atoms with E-state index in [2.05, 4.69) is 10.2 Å². The molecule has 2 heterocycles. The summed E-state index contributed by atoms with van der Waals surface area (Å²) in [5.74, 6) is -3.41. The number of methoxy groups -OCH3 is 1. The molecular weight excluding hydrogens is 483 g/mol. The fourth-order valence-electron chi connectivity index (χ4n) is 5.97. The lowest BCUT2D eigenvalue weighted by Crippen LogP contribution is -2.33. The topological polar surface area (TPSA) is 80.1 Å². The normalized spacial score (nSPS) is 20.7. The number of halogens is 3. The maximum Gasteiger partial charge on any atom is 0.309 e. The molecule has 1 saturated carbocycles. The van der Waals surface area contributed by atoms with Gasteiger partial charge in [0.1, 0.15) is 5.52 Å². The number of H-pyrrole nitrogens is 1. The molecule has 1 aliphatic rings. The molecule has 2 N–H and O–H groups in total. The summed E-state index contributed by atoms with van der Waals surface area (Å²) in [4.78, 5) is 11.9. The lowest BCUT2D eigenvalue weighted by Gasteiger charge is -2.36. The Labute approximate surface area is 212 Å². The number of nitrogens with zero attached hydrogens (tertiary/aromatic N) is 2. The van der Waals surface area contributed by atoms with Crippen LogP contribution in [0.5, 0.6) is 0 Å². The lowest BCUT2D eigenvalue weighted by atomic mass is 9.68. The Balaban J connectivity index is 1.87. The van der Waals surface area contributed by atoms with E-state index in [0.717, 1.165) is 23.4 Å². The molecule has 9 heteroatoms. The molecule has 5 rings (SSSR count). The van der Waals surface area contributed by atoms with Gasteiger partial charge in [0.05, 0.1) is 23.7 Å². The van der Waals surface area contributed by atoms with Crippen molar-refractivity contribution in [3.63, 3.8) is 0 Å². The molecule has 37 heavy (non-hydrogen) atoms. The molecule has 2 aromatic carbocycles. The highest BCUT2D eigenvalue weighted by atomic mass is 19.2. The second kappa shape index (κ2) is 8.90. The molecule has 0 saturated heterocycles. The Morgan fingerprint density at radius 2 is 1.92 bits per heavy atom. The number of fused-ring (bicyclic) bond motifs is 2. The summed E-state index contributed by atoms with van der Waals surface area (Å²) in [6, 6.07) is 5.46. The van der Waals surface area contributed by atoms with E-state index in [4.69, 9.17) is 4.74 Å². The molecule has 0 amide bonds. The zero-order valence-electron chi connectivity index (χ0n) is 21.3. The Morgan fingerprint density at radius 1 is 1.22 bits per heavy atom. The molecule has 2 aromatic heterocycles. The van der Waals surface area contributed by atoms with Crippen molar-refractivity contribution in [3.05, 3.63) is 59.2 Å². The van der Waals surface area contributed by atoms with Gasteiger partial charge in [-0.05, 0) is 62.3 Å². The van der Waals surface area contributed by atoms with Crippen molar-refractivity contribution in [2.24, 2.45) is 5.41 Å². The molecule has 0 unspecified atom stereocenters. The third-order valence-corrected chi connectivity index (χ3v) is 7.97. The third kappa shape index (κ3) is 4.00. The smallest absolute Gasteiger partial charge is 0.309 e. The number of benzene rings is 2. The number of ether oxygens (including phenoxy) is 1. The van der Waals surface area contributed by atoms with Gasteiger partial charge in [0.15, 0.2) is 17.5 Å². The first-order valence-corrected chi connectivity index (χ1v) is 12.4. The van der Waals surface area contributed by atoms with Crippen molar-refractivity contribution >= 4 is 27.8 Å². The van der Waals surface area contributed by atoms with Crippen LogP contribution in [0, 0.1) is 22.9 Å². The van der Waals surface area contributed by atoms with Gasteiger partial charge in [0.2, 0.25) is 0 Å². The molecule has 0 radical (unpaired) electrons. The second-order valence-corrected chi connectivity index (χ2v) is 11.1. The monoisotopic (exact) mass is 513 g/mol. The summed E-state index contributed by atoms with van der Waals surface area (Å²) in [6.07, 6.45) is 3.53. The van der Waals surface area contributed by atoms with E-state index in [1.807, 2.05) is 13.8 Å². The zero-order chi connectivity index (χ0) is 26.7. The van der Waals surface area contributed by atoms with Gasteiger partial charge in [-0.1, -0.05) is 13.8 Å². The molecule has 1 aliphatic carbocycles. The molecule has 0 atom stereocenters. The van der Waals surface area contributed by atoms with E-state index in [1.54, 1.807) is 24.7 Å². The first kappa shape index (κ1) is 25.3. The van der Waals surface area contributed by atoms with Crippen LogP contribution >= 0.6 is 0 Å². The molecule has 0 spiro atoms. The minimum Gasteiger partial charge on any atom is -0.481 e. The Hall–Kier alpha value is -3.33. The van der Waals surface area contributed by atoms with Crippen molar-refractivity contribution in [3.8, 4) is 5.69 Å². The summed E-state index contributed by atoms with van der Waals surface area (Å²) < 4.78 is 52.0. The van der Waals surface area contributed by atoms with Crippen molar-refractivity contribution in [1.29, 1.82) is 0 Å². The molecule has 1 fully saturated rings. The molecule has 0 bridgehead atoms. The van der Waals surface area contributed by atoms with Gasteiger partial charge in [-0.25, -0.2) is 13.2 Å². The van der Waals surface area contributed by atoms with E-state index in [0.29, 0.717) is 54.3 Å². The second-order valence-electron chi connectivity index (χ2n) is 11.1. The number of hydrogen-bond acceptors (Lipinski definition) is 3. The van der Waals surface area contributed by atoms with E-state index in [-0.39, 0.29) is 11.4 Å². The highest BCUT2D eigenvalue weighted by molar-refractivity contribution is 6.00. The fourth-order valence-corrected chi connectivity index (χ4v) is 5.97. The number of aromatic nitrogens is 3. The van der Waals surface area contributed by atoms with Crippen LogP contribution in [-0.2, 0) is 14.9 Å². The van der Waals surface area contributed by atoms with Crippen LogP contribution in [0.15, 0.2) is 30.5 Å². The molecule has 0 aliphatic heterocycles. The zero-order valence-corrected chi connectivity index (χ0v) is 21.3. The minimum atomic E-state index is -1.00. The van der Waals surface area contributed by atoms with Crippen LogP contribution < -0.4 is 0 Å².